The standard InChI is InChI=1S/C15H14N6O2S/c1-21-6-5-17-12(21)11-8-24-15(19-11)20-13(22)9-3-2-4-10(7-9)18-14(16)23/h2-8H,1H3,(H3,16,18,23)(H,19,20,22). The largest absolute Gasteiger partial charge is 0.351 e. The number of hydrogen-bond acceptors (Lipinski definition) is 5. The lowest BCUT2D eigenvalue weighted by Gasteiger charge is -2.05. The summed E-state index contributed by atoms with van der Waals surface area (Å²) in [5.74, 6) is 0.392. The first-order valence-corrected chi connectivity index (χ1v) is 7.82. The van der Waals surface area contributed by atoms with Crippen molar-refractivity contribution < 1.29 is 9.59 Å². The summed E-state index contributed by atoms with van der Waals surface area (Å²) < 4.78 is 1.85. The van der Waals surface area contributed by atoms with Gasteiger partial charge in [0, 0.05) is 36.1 Å². The van der Waals surface area contributed by atoms with E-state index >= 15 is 0 Å². The SMILES string of the molecule is Cn1ccnc1-c1csc(NC(=O)c2cccc(NC(N)=O)c2)n1. The predicted octanol–water partition coefficient (Wildman–Crippen LogP) is 2.29. The molecule has 0 spiro atoms. The van der Waals surface area contributed by atoms with Crippen molar-refractivity contribution in [2.75, 3.05) is 10.6 Å². The summed E-state index contributed by atoms with van der Waals surface area (Å²) in [6.45, 7) is 0. The van der Waals surface area contributed by atoms with Gasteiger partial charge in [-0.1, -0.05) is 6.07 Å². The number of carbonyl (C=O) groups excluding carboxylic acids is 2. The predicted molar refractivity (Wildman–Crippen MR) is 91.9 cm³/mol. The first kappa shape index (κ1) is 15.7. The number of aromatic nitrogens is 3. The van der Waals surface area contributed by atoms with Crippen LogP contribution in [0.2, 0.25) is 0 Å². The van der Waals surface area contributed by atoms with Crippen LogP contribution < -0.4 is 16.4 Å². The van der Waals surface area contributed by atoms with Crippen molar-refractivity contribution in [1.82, 2.24) is 14.5 Å². The first-order valence-electron chi connectivity index (χ1n) is 6.94. The van der Waals surface area contributed by atoms with Crippen molar-refractivity contribution in [3.63, 3.8) is 0 Å². The van der Waals surface area contributed by atoms with E-state index in [-0.39, 0.29) is 5.91 Å². The van der Waals surface area contributed by atoms with E-state index in [4.69, 9.17) is 5.73 Å². The van der Waals surface area contributed by atoms with Gasteiger partial charge in [-0.15, -0.1) is 11.3 Å². The van der Waals surface area contributed by atoms with Gasteiger partial charge in [-0.25, -0.2) is 14.8 Å². The lowest BCUT2D eigenvalue weighted by atomic mass is 10.2. The normalized spacial score (nSPS) is 10.4. The third kappa shape index (κ3) is 3.41. The fourth-order valence-electron chi connectivity index (χ4n) is 2.10. The van der Waals surface area contributed by atoms with Gasteiger partial charge in [-0.05, 0) is 18.2 Å². The molecule has 9 heteroatoms. The molecule has 122 valence electrons. The zero-order valence-corrected chi connectivity index (χ0v) is 13.5. The van der Waals surface area contributed by atoms with E-state index in [9.17, 15) is 9.59 Å². The second-order valence-corrected chi connectivity index (χ2v) is 5.78. The van der Waals surface area contributed by atoms with E-state index in [1.165, 1.54) is 17.4 Å². The summed E-state index contributed by atoms with van der Waals surface area (Å²) in [6, 6.07) is 5.78. The summed E-state index contributed by atoms with van der Waals surface area (Å²) in [4.78, 5) is 31.8. The van der Waals surface area contributed by atoms with Crippen molar-refractivity contribution in [1.29, 1.82) is 0 Å². The van der Waals surface area contributed by atoms with Gasteiger partial charge in [0.15, 0.2) is 11.0 Å². The summed E-state index contributed by atoms with van der Waals surface area (Å²) >= 11 is 1.31. The van der Waals surface area contributed by atoms with E-state index in [0.717, 1.165) is 5.82 Å². The van der Waals surface area contributed by atoms with Gasteiger partial charge in [0.1, 0.15) is 5.69 Å². The molecule has 1 aromatic carbocycles. The third-order valence-corrected chi connectivity index (χ3v) is 3.92. The molecule has 3 rings (SSSR count). The van der Waals surface area contributed by atoms with Crippen molar-refractivity contribution in [2.45, 2.75) is 0 Å². The van der Waals surface area contributed by atoms with Crippen LogP contribution >= 0.6 is 11.3 Å². The number of benzene rings is 1. The maximum absolute atomic E-state index is 12.3. The van der Waals surface area contributed by atoms with E-state index in [1.807, 2.05) is 23.2 Å². The Kier molecular flexibility index (Phi) is 4.25. The number of thiazole rings is 1. The molecule has 2 heterocycles. The highest BCUT2D eigenvalue weighted by Gasteiger charge is 2.12. The Labute approximate surface area is 141 Å². The fraction of sp³-hybridized carbons (Fsp3) is 0.0667. The number of anilines is 2. The van der Waals surface area contributed by atoms with Crippen LogP contribution in [-0.2, 0) is 7.05 Å². The number of aryl methyl sites for hydroxylation is 1. The molecule has 8 nitrogen and oxygen atoms in total. The highest BCUT2D eigenvalue weighted by molar-refractivity contribution is 7.14. The van der Waals surface area contributed by atoms with Gasteiger partial charge in [0.05, 0.1) is 0 Å². The second kappa shape index (κ2) is 6.50. The Morgan fingerprint density at radius 2 is 2.12 bits per heavy atom. The van der Waals surface area contributed by atoms with Crippen molar-refractivity contribution >= 4 is 34.1 Å². The minimum absolute atomic E-state index is 0.330. The fourth-order valence-corrected chi connectivity index (χ4v) is 2.78. The molecule has 4 N–H and O–H groups in total. The van der Waals surface area contributed by atoms with Crippen LogP contribution in [0, 0.1) is 0 Å². The van der Waals surface area contributed by atoms with Crippen LogP contribution in [0.4, 0.5) is 15.6 Å². The zero-order chi connectivity index (χ0) is 17.1. The van der Waals surface area contributed by atoms with E-state index in [0.29, 0.717) is 22.1 Å². The van der Waals surface area contributed by atoms with Crippen LogP contribution in [0.15, 0.2) is 42.0 Å². The first-order chi connectivity index (χ1) is 11.5. The molecule has 3 aromatic rings. The van der Waals surface area contributed by atoms with Crippen LogP contribution in [0.1, 0.15) is 10.4 Å². The molecule has 0 aliphatic heterocycles. The molecule has 24 heavy (non-hydrogen) atoms. The molecule has 0 fully saturated rings. The van der Waals surface area contributed by atoms with Crippen molar-refractivity contribution in [3.05, 3.63) is 47.6 Å². The molecule has 0 aliphatic carbocycles. The maximum Gasteiger partial charge on any atom is 0.316 e. The van der Waals surface area contributed by atoms with Crippen LogP contribution in [0.25, 0.3) is 11.5 Å². The molecule has 0 unspecified atom stereocenters. The molecule has 0 atom stereocenters. The van der Waals surface area contributed by atoms with Gasteiger partial charge >= 0.3 is 6.03 Å². The number of urea groups is 1. The highest BCUT2D eigenvalue weighted by atomic mass is 32.1. The smallest absolute Gasteiger partial charge is 0.316 e. The van der Waals surface area contributed by atoms with Crippen molar-refractivity contribution in [3.8, 4) is 11.5 Å². The molecule has 0 saturated heterocycles. The molecular weight excluding hydrogens is 328 g/mol. The summed E-state index contributed by atoms with van der Waals surface area (Å²) in [7, 11) is 1.87. The minimum atomic E-state index is -0.688. The number of rotatable bonds is 4. The molecular formula is C15H14N6O2S. The molecule has 0 bridgehead atoms. The Morgan fingerprint density at radius 1 is 1.29 bits per heavy atom. The summed E-state index contributed by atoms with van der Waals surface area (Å²) in [5.41, 5.74) is 6.59. The Balaban J connectivity index is 1.75. The molecule has 0 aliphatic rings. The lowest BCUT2D eigenvalue weighted by Crippen LogP contribution is -2.19. The number of amides is 3. The molecule has 3 amide bonds. The summed E-state index contributed by atoms with van der Waals surface area (Å²) in [6.07, 6.45) is 3.51. The van der Waals surface area contributed by atoms with E-state index in [2.05, 4.69) is 20.6 Å². The Bertz CT molecular complexity index is 901. The quantitative estimate of drug-likeness (QED) is 0.674. The van der Waals surface area contributed by atoms with Gasteiger partial charge in [-0.2, -0.15) is 0 Å². The topological polar surface area (TPSA) is 115 Å². The lowest BCUT2D eigenvalue weighted by molar-refractivity contribution is 0.102. The number of primary amides is 1. The van der Waals surface area contributed by atoms with Gasteiger partial charge < -0.3 is 15.6 Å². The molecule has 0 saturated carbocycles. The van der Waals surface area contributed by atoms with E-state index in [1.54, 1.807) is 24.4 Å². The summed E-state index contributed by atoms with van der Waals surface area (Å²) in [5, 5.41) is 7.44. The number of hydrogen-bond donors (Lipinski definition) is 3. The molecule has 2 aromatic heterocycles. The van der Waals surface area contributed by atoms with Crippen LogP contribution in [0.3, 0.4) is 0 Å². The van der Waals surface area contributed by atoms with Crippen LogP contribution in [-0.4, -0.2) is 26.5 Å². The van der Waals surface area contributed by atoms with Crippen LogP contribution in [0.5, 0.6) is 0 Å². The second-order valence-electron chi connectivity index (χ2n) is 4.92. The number of nitrogens with one attached hydrogen (secondary N) is 2. The number of nitrogens with zero attached hydrogens (tertiary/aromatic N) is 3. The Morgan fingerprint density at radius 3 is 2.83 bits per heavy atom. The van der Waals surface area contributed by atoms with Gasteiger partial charge in [0.25, 0.3) is 5.91 Å². The average molecular weight is 342 g/mol. The number of carbonyl (C=O) groups is 2. The maximum atomic E-state index is 12.3. The monoisotopic (exact) mass is 342 g/mol. The minimum Gasteiger partial charge on any atom is -0.351 e. The van der Waals surface area contributed by atoms with E-state index < -0.39 is 6.03 Å². The molecule has 0 radical (unpaired) electrons. The Hall–Kier alpha value is -3.20. The van der Waals surface area contributed by atoms with Gasteiger partial charge in [0.2, 0.25) is 0 Å². The third-order valence-electron chi connectivity index (χ3n) is 3.17. The number of imidazole rings is 1. The average Bonchev–Trinajstić information content (AvgIpc) is 3.15. The highest BCUT2D eigenvalue weighted by Crippen LogP contribution is 2.24. The van der Waals surface area contributed by atoms with Crippen molar-refractivity contribution in [2.24, 2.45) is 12.8 Å². The zero-order valence-electron chi connectivity index (χ0n) is 12.7. The number of nitrogens with two attached hydrogens (primary N) is 1. The van der Waals surface area contributed by atoms with Gasteiger partial charge in [-0.3, -0.25) is 10.1 Å².